The maximum Gasteiger partial charge on any atom is 0.223 e. The third-order valence-corrected chi connectivity index (χ3v) is 8.47. The highest BCUT2D eigenvalue weighted by Gasteiger charge is 2.25. The van der Waals surface area contributed by atoms with Crippen LogP contribution in [0.25, 0.3) is 10.2 Å². The van der Waals surface area contributed by atoms with E-state index in [1.54, 1.807) is 16.2 Å². The average molecular weight is 462 g/mol. The van der Waals surface area contributed by atoms with Crippen LogP contribution >= 0.6 is 11.3 Å². The summed E-state index contributed by atoms with van der Waals surface area (Å²) in [5.41, 5.74) is 3.41. The third kappa shape index (κ3) is 4.72. The number of nitrogens with zero attached hydrogens (tertiary/aromatic N) is 3. The number of thiazole rings is 1. The fourth-order valence-electron chi connectivity index (χ4n) is 3.79. The number of fused-ring (bicyclic) bond motifs is 1. The molecule has 2 aromatic carbocycles. The molecular formula is C22H24FN3O3S2. The summed E-state index contributed by atoms with van der Waals surface area (Å²) in [6.07, 6.45) is -0.0840. The number of anilines is 1. The van der Waals surface area contributed by atoms with E-state index in [4.69, 9.17) is 4.98 Å². The van der Waals surface area contributed by atoms with E-state index < -0.39 is 15.7 Å². The van der Waals surface area contributed by atoms with E-state index in [-0.39, 0.29) is 23.0 Å². The van der Waals surface area contributed by atoms with Crippen molar-refractivity contribution in [2.75, 3.05) is 36.8 Å². The van der Waals surface area contributed by atoms with Crippen LogP contribution in [0.2, 0.25) is 0 Å². The Balaban J connectivity index is 1.35. The number of benzene rings is 2. The van der Waals surface area contributed by atoms with Gasteiger partial charge in [0.2, 0.25) is 5.91 Å². The molecule has 3 aromatic rings. The molecule has 164 valence electrons. The highest BCUT2D eigenvalue weighted by Crippen LogP contribution is 2.32. The van der Waals surface area contributed by atoms with Crippen molar-refractivity contribution < 1.29 is 17.6 Å². The SMILES string of the molecule is Cc1cc(C)c2sc(N3CCN(C(=O)CCS(=O)(=O)c4ccc(F)cc4)CC3)nc2c1. The van der Waals surface area contributed by atoms with Crippen molar-refractivity contribution in [2.24, 2.45) is 0 Å². The van der Waals surface area contributed by atoms with Crippen molar-refractivity contribution >= 4 is 42.4 Å². The zero-order chi connectivity index (χ0) is 22.2. The molecule has 1 aliphatic heterocycles. The summed E-state index contributed by atoms with van der Waals surface area (Å²) in [5.74, 6) is -0.957. The second-order valence-corrected chi connectivity index (χ2v) is 10.9. The highest BCUT2D eigenvalue weighted by molar-refractivity contribution is 7.91. The Morgan fingerprint density at radius 3 is 2.45 bits per heavy atom. The molecule has 1 fully saturated rings. The summed E-state index contributed by atoms with van der Waals surface area (Å²) in [5, 5.41) is 0.953. The zero-order valence-electron chi connectivity index (χ0n) is 17.5. The van der Waals surface area contributed by atoms with Crippen molar-refractivity contribution in [3.8, 4) is 0 Å². The largest absolute Gasteiger partial charge is 0.345 e. The topological polar surface area (TPSA) is 70.6 Å². The van der Waals surface area contributed by atoms with Gasteiger partial charge in [0.15, 0.2) is 15.0 Å². The predicted octanol–water partition coefficient (Wildman–Crippen LogP) is 3.56. The number of carbonyl (C=O) groups excluding carboxylic acids is 1. The number of hydrogen-bond donors (Lipinski definition) is 0. The summed E-state index contributed by atoms with van der Waals surface area (Å²) in [7, 11) is -3.62. The van der Waals surface area contributed by atoms with Crippen LogP contribution in [0.5, 0.6) is 0 Å². The lowest BCUT2D eigenvalue weighted by Crippen LogP contribution is -2.49. The number of aryl methyl sites for hydroxylation is 2. The number of piperazine rings is 1. The van der Waals surface area contributed by atoms with Gasteiger partial charge >= 0.3 is 0 Å². The molecule has 1 aliphatic rings. The minimum Gasteiger partial charge on any atom is -0.345 e. The first-order chi connectivity index (χ1) is 14.7. The minimum absolute atomic E-state index is 0.0351. The molecule has 1 saturated heterocycles. The van der Waals surface area contributed by atoms with Gasteiger partial charge in [0.25, 0.3) is 0 Å². The Labute approximate surface area is 185 Å². The summed E-state index contributed by atoms with van der Waals surface area (Å²) in [6, 6.07) is 8.92. The van der Waals surface area contributed by atoms with Crippen LogP contribution in [0.4, 0.5) is 9.52 Å². The smallest absolute Gasteiger partial charge is 0.223 e. The van der Waals surface area contributed by atoms with Gasteiger partial charge in [-0.15, -0.1) is 0 Å². The highest BCUT2D eigenvalue weighted by atomic mass is 32.2. The van der Waals surface area contributed by atoms with Crippen molar-refractivity contribution in [3.63, 3.8) is 0 Å². The molecule has 6 nitrogen and oxygen atoms in total. The second kappa shape index (κ2) is 8.55. The summed E-state index contributed by atoms with van der Waals surface area (Å²) >= 11 is 1.67. The summed E-state index contributed by atoms with van der Waals surface area (Å²) < 4.78 is 39.0. The molecule has 2 heterocycles. The third-order valence-electron chi connectivity index (χ3n) is 5.47. The lowest BCUT2D eigenvalue weighted by molar-refractivity contribution is -0.131. The number of amides is 1. The van der Waals surface area contributed by atoms with Crippen LogP contribution in [0.3, 0.4) is 0 Å². The van der Waals surface area contributed by atoms with Crippen LogP contribution < -0.4 is 4.90 Å². The van der Waals surface area contributed by atoms with Gasteiger partial charge in [0.05, 0.1) is 20.9 Å². The first-order valence-corrected chi connectivity index (χ1v) is 12.6. The number of rotatable bonds is 5. The minimum atomic E-state index is -3.62. The molecule has 4 rings (SSSR count). The maximum atomic E-state index is 13.0. The van der Waals surface area contributed by atoms with Gasteiger partial charge in [-0.25, -0.2) is 17.8 Å². The molecule has 0 unspecified atom stereocenters. The molecule has 1 aromatic heterocycles. The molecule has 0 saturated carbocycles. The Hall–Kier alpha value is -2.52. The molecule has 0 N–H and O–H groups in total. The van der Waals surface area contributed by atoms with Gasteiger partial charge in [-0.1, -0.05) is 17.4 Å². The van der Waals surface area contributed by atoms with E-state index in [1.807, 2.05) is 0 Å². The van der Waals surface area contributed by atoms with Crippen molar-refractivity contribution in [1.82, 2.24) is 9.88 Å². The monoisotopic (exact) mass is 461 g/mol. The molecule has 0 bridgehead atoms. The predicted molar refractivity (Wildman–Crippen MR) is 121 cm³/mol. The molecule has 0 spiro atoms. The molecule has 0 aliphatic carbocycles. The van der Waals surface area contributed by atoms with Gasteiger partial charge in [-0.2, -0.15) is 0 Å². The van der Waals surface area contributed by atoms with Gasteiger partial charge < -0.3 is 9.80 Å². The molecule has 0 atom stereocenters. The van der Waals surface area contributed by atoms with E-state index in [0.29, 0.717) is 26.2 Å². The Morgan fingerprint density at radius 1 is 1.10 bits per heavy atom. The van der Waals surface area contributed by atoms with Crippen molar-refractivity contribution in [1.29, 1.82) is 0 Å². The Morgan fingerprint density at radius 2 is 1.77 bits per heavy atom. The molecule has 31 heavy (non-hydrogen) atoms. The van der Waals surface area contributed by atoms with Gasteiger partial charge in [-0.05, 0) is 55.3 Å². The maximum absolute atomic E-state index is 13.0. The van der Waals surface area contributed by atoms with Gasteiger partial charge in [0, 0.05) is 32.6 Å². The van der Waals surface area contributed by atoms with E-state index in [2.05, 4.69) is 30.9 Å². The molecule has 0 radical (unpaired) electrons. The first-order valence-electron chi connectivity index (χ1n) is 10.1. The number of carbonyl (C=O) groups is 1. The normalized spacial score (nSPS) is 14.9. The van der Waals surface area contributed by atoms with E-state index in [1.165, 1.54) is 28.0 Å². The number of sulfone groups is 1. The number of aromatic nitrogens is 1. The zero-order valence-corrected chi connectivity index (χ0v) is 19.1. The van der Waals surface area contributed by atoms with Crippen LogP contribution in [0.1, 0.15) is 17.5 Å². The standard InChI is InChI=1S/C22H24FN3O3S2/c1-15-13-16(2)21-19(14-15)24-22(30-21)26-10-8-25(9-11-26)20(27)7-12-31(28,29)18-5-3-17(23)4-6-18/h3-6,13-14H,7-12H2,1-2H3. The van der Waals surface area contributed by atoms with E-state index >= 15 is 0 Å². The Kier molecular flexibility index (Phi) is 5.98. The van der Waals surface area contributed by atoms with Crippen LogP contribution in [0, 0.1) is 19.7 Å². The fraction of sp³-hybridized carbons (Fsp3) is 0.364. The average Bonchev–Trinajstić information content (AvgIpc) is 3.17. The van der Waals surface area contributed by atoms with E-state index in [9.17, 15) is 17.6 Å². The summed E-state index contributed by atoms with van der Waals surface area (Å²) in [6.45, 7) is 6.54. The second-order valence-electron chi connectivity index (χ2n) is 7.82. The van der Waals surface area contributed by atoms with Crippen molar-refractivity contribution in [3.05, 3.63) is 53.3 Å². The van der Waals surface area contributed by atoms with Crippen LogP contribution in [-0.2, 0) is 14.6 Å². The van der Waals surface area contributed by atoms with Gasteiger partial charge in [-0.3, -0.25) is 4.79 Å². The summed E-state index contributed by atoms with van der Waals surface area (Å²) in [4.78, 5) is 21.3. The fourth-order valence-corrected chi connectivity index (χ4v) is 6.08. The van der Waals surface area contributed by atoms with Crippen LogP contribution in [0.15, 0.2) is 41.3 Å². The Bertz CT molecular complexity index is 1210. The lowest BCUT2D eigenvalue weighted by Gasteiger charge is -2.34. The molecule has 1 amide bonds. The van der Waals surface area contributed by atoms with Crippen LogP contribution in [-0.4, -0.2) is 56.1 Å². The quantitative estimate of drug-likeness (QED) is 0.544. The molecule has 9 heteroatoms. The first kappa shape index (κ1) is 21.7. The number of hydrogen-bond acceptors (Lipinski definition) is 6. The van der Waals surface area contributed by atoms with Crippen molar-refractivity contribution in [2.45, 2.75) is 25.2 Å². The van der Waals surface area contributed by atoms with Gasteiger partial charge in [0.1, 0.15) is 5.82 Å². The number of halogens is 1. The lowest BCUT2D eigenvalue weighted by atomic mass is 10.1. The van der Waals surface area contributed by atoms with E-state index in [0.717, 1.165) is 22.8 Å². The molecular weight excluding hydrogens is 437 g/mol.